The first-order chi connectivity index (χ1) is 6.18. The highest BCUT2D eigenvalue weighted by Crippen LogP contribution is 2.41. The molecule has 69 valence electrons. The van der Waals surface area contributed by atoms with Crippen molar-refractivity contribution in [2.45, 2.75) is 18.8 Å². The Morgan fingerprint density at radius 1 is 1.23 bits per heavy atom. The van der Waals surface area contributed by atoms with E-state index in [0.717, 1.165) is 18.9 Å². The Labute approximate surface area is 87.8 Å². The van der Waals surface area contributed by atoms with Gasteiger partial charge >= 0.3 is 0 Å². The molecule has 1 aromatic carbocycles. The Kier molecular flexibility index (Phi) is 2.50. The van der Waals surface area contributed by atoms with E-state index in [1.807, 2.05) is 18.2 Å². The van der Waals surface area contributed by atoms with Gasteiger partial charge in [-0.25, -0.2) is 0 Å². The van der Waals surface area contributed by atoms with Crippen LogP contribution in [0.3, 0.4) is 0 Å². The summed E-state index contributed by atoms with van der Waals surface area (Å²) in [5.74, 6) is 0.398. The van der Waals surface area contributed by atoms with E-state index >= 15 is 0 Å². The number of benzene rings is 1. The van der Waals surface area contributed by atoms with Crippen LogP contribution < -0.4 is 5.73 Å². The van der Waals surface area contributed by atoms with Gasteiger partial charge in [0.05, 0.1) is 10.0 Å². The van der Waals surface area contributed by atoms with Gasteiger partial charge in [-0.1, -0.05) is 29.3 Å². The SMILES string of the molecule is N[C]1CCC1c1ccc(Cl)c(Cl)c1. The van der Waals surface area contributed by atoms with Crippen LogP contribution in [0.5, 0.6) is 0 Å². The highest BCUT2D eigenvalue weighted by atomic mass is 35.5. The van der Waals surface area contributed by atoms with Gasteiger partial charge in [0, 0.05) is 12.0 Å². The van der Waals surface area contributed by atoms with Gasteiger partial charge in [-0.2, -0.15) is 0 Å². The maximum Gasteiger partial charge on any atom is 0.0595 e. The maximum atomic E-state index is 5.90. The van der Waals surface area contributed by atoms with Crippen LogP contribution in [0.4, 0.5) is 0 Å². The molecule has 0 aromatic heterocycles. The van der Waals surface area contributed by atoms with Crippen LogP contribution in [0.1, 0.15) is 24.3 Å². The number of nitrogens with two attached hydrogens (primary N) is 1. The molecule has 1 aliphatic rings. The fraction of sp³-hybridized carbons (Fsp3) is 0.300. The minimum atomic E-state index is 0.398. The molecular formula is C10H10Cl2N. The molecule has 2 rings (SSSR count). The second-order valence-corrected chi connectivity index (χ2v) is 4.15. The topological polar surface area (TPSA) is 26.0 Å². The first-order valence-electron chi connectivity index (χ1n) is 4.24. The Morgan fingerprint density at radius 3 is 2.46 bits per heavy atom. The quantitative estimate of drug-likeness (QED) is 0.763. The molecule has 1 unspecified atom stereocenters. The molecular weight excluding hydrogens is 205 g/mol. The van der Waals surface area contributed by atoms with Gasteiger partial charge in [0.25, 0.3) is 0 Å². The van der Waals surface area contributed by atoms with Crippen LogP contribution in [0.2, 0.25) is 10.0 Å². The third-order valence-corrected chi connectivity index (χ3v) is 3.25. The zero-order valence-corrected chi connectivity index (χ0v) is 8.57. The Bertz CT molecular complexity index is 325. The zero-order chi connectivity index (χ0) is 9.42. The molecule has 1 fully saturated rings. The molecule has 1 radical (unpaired) electrons. The van der Waals surface area contributed by atoms with Crippen molar-refractivity contribution in [1.82, 2.24) is 0 Å². The zero-order valence-electron chi connectivity index (χ0n) is 7.06. The van der Waals surface area contributed by atoms with E-state index in [2.05, 4.69) is 0 Å². The highest BCUT2D eigenvalue weighted by Gasteiger charge is 2.29. The third-order valence-electron chi connectivity index (χ3n) is 2.52. The van der Waals surface area contributed by atoms with Gasteiger partial charge in [-0.15, -0.1) is 0 Å². The molecule has 1 nitrogen and oxygen atoms in total. The monoisotopic (exact) mass is 214 g/mol. The molecule has 0 aliphatic heterocycles. The molecule has 1 aliphatic carbocycles. The van der Waals surface area contributed by atoms with Crippen molar-refractivity contribution in [1.29, 1.82) is 0 Å². The van der Waals surface area contributed by atoms with Crippen molar-refractivity contribution in [2.75, 3.05) is 0 Å². The van der Waals surface area contributed by atoms with E-state index < -0.39 is 0 Å². The van der Waals surface area contributed by atoms with Crippen molar-refractivity contribution >= 4 is 23.2 Å². The van der Waals surface area contributed by atoms with E-state index in [1.54, 1.807) is 0 Å². The molecule has 0 saturated heterocycles. The fourth-order valence-corrected chi connectivity index (χ4v) is 1.87. The average molecular weight is 215 g/mol. The van der Waals surface area contributed by atoms with Gasteiger partial charge in [0.15, 0.2) is 0 Å². The fourth-order valence-electron chi connectivity index (χ4n) is 1.57. The van der Waals surface area contributed by atoms with Crippen LogP contribution >= 0.6 is 23.2 Å². The van der Waals surface area contributed by atoms with Gasteiger partial charge < -0.3 is 5.73 Å². The molecule has 2 N–H and O–H groups in total. The molecule has 1 aromatic rings. The van der Waals surface area contributed by atoms with Crippen molar-refractivity contribution < 1.29 is 0 Å². The molecule has 13 heavy (non-hydrogen) atoms. The number of rotatable bonds is 1. The summed E-state index contributed by atoms with van der Waals surface area (Å²) >= 11 is 11.7. The number of hydrogen-bond donors (Lipinski definition) is 1. The Balaban J connectivity index is 2.26. The van der Waals surface area contributed by atoms with Crippen LogP contribution in [0, 0.1) is 6.04 Å². The number of halogens is 2. The van der Waals surface area contributed by atoms with Crippen molar-refractivity contribution in [2.24, 2.45) is 5.73 Å². The van der Waals surface area contributed by atoms with E-state index in [0.29, 0.717) is 16.0 Å². The normalized spacial score (nSPS) is 22.8. The number of hydrogen-bond acceptors (Lipinski definition) is 1. The smallest absolute Gasteiger partial charge is 0.0595 e. The highest BCUT2D eigenvalue weighted by molar-refractivity contribution is 6.42. The summed E-state index contributed by atoms with van der Waals surface area (Å²) in [7, 11) is 0. The summed E-state index contributed by atoms with van der Waals surface area (Å²) in [6, 6.07) is 6.77. The third kappa shape index (κ3) is 1.69. The Morgan fingerprint density at radius 2 is 2.00 bits per heavy atom. The minimum Gasteiger partial charge on any atom is -0.323 e. The molecule has 0 spiro atoms. The summed E-state index contributed by atoms with van der Waals surface area (Å²) in [5, 5.41) is 1.21. The molecule has 0 bridgehead atoms. The predicted octanol–water partition coefficient (Wildman–Crippen LogP) is 3.36. The van der Waals surface area contributed by atoms with E-state index in [-0.39, 0.29) is 0 Å². The molecule has 1 atom stereocenters. The predicted molar refractivity (Wildman–Crippen MR) is 55.9 cm³/mol. The summed E-state index contributed by atoms with van der Waals surface area (Å²) < 4.78 is 0. The largest absolute Gasteiger partial charge is 0.323 e. The minimum absolute atomic E-state index is 0.398. The van der Waals surface area contributed by atoms with E-state index in [4.69, 9.17) is 28.9 Å². The van der Waals surface area contributed by atoms with Crippen molar-refractivity contribution in [3.63, 3.8) is 0 Å². The lowest BCUT2D eigenvalue weighted by molar-refractivity contribution is 0.459. The molecule has 0 heterocycles. The first-order valence-corrected chi connectivity index (χ1v) is 5.00. The van der Waals surface area contributed by atoms with Crippen LogP contribution in [0.25, 0.3) is 0 Å². The summed E-state index contributed by atoms with van der Waals surface area (Å²) in [6.45, 7) is 0. The van der Waals surface area contributed by atoms with Gasteiger partial charge in [0.1, 0.15) is 0 Å². The van der Waals surface area contributed by atoms with Crippen LogP contribution in [-0.2, 0) is 0 Å². The van der Waals surface area contributed by atoms with Gasteiger partial charge in [0.2, 0.25) is 0 Å². The molecule has 1 saturated carbocycles. The lowest BCUT2D eigenvalue weighted by Gasteiger charge is -2.33. The standard InChI is InChI=1S/C10H10Cl2N/c11-8-3-1-6(5-9(8)12)7-2-4-10(7)13/h1,3,5,7H,2,4,13H2. The lowest BCUT2D eigenvalue weighted by Crippen LogP contribution is -2.28. The first kappa shape index (κ1) is 9.32. The second-order valence-electron chi connectivity index (χ2n) is 3.34. The Hall–Kier alpha value is -0.240. The summed E-state index contributed by atoms with van der Waals surface area (Å²) in [4.78, 5) is 0. The van der Waals surface area contributed by atoms with E-state index in [1.165, 1.54) is 5.56 Å². The lowest BCUT2D eigenvalue weighted by atomic mass is 9.76. The van der Waals surface area contributed by atoms with Gasteiger partial charge in [-0.05, 0) is 30.5 Å². The van der Waals surface area contributed by atoms with Crippen LogP contribution in [-0.4, -0.2) is 0 Å². The van der Waals surface area contributed by atoms with Gasteiger partial charge in [-0.3, -0.25) is 0 Å². The summed E-state index contributed by atoms with van der Waals surface area (Å²) in [6.07, 6.45) is 2.16. The van der Waals surface area contributed by atoms with Crippen molar-refractivity contribution in [3.05, 3.63) is 39.8 Å². The average Bonchev–Trinajstić information content (AvgIpc) is 2.09. The molecule has 0 amide bonds. The molecule has 3 heteroatoms. The summed E-state index contributed by atoms with van der Waals surface area (Å²) in [5.41, 5.74) is 6.96. The second kappa shape index (κ2) is 3.49. The maximum absolute atomic E-state index is 5.90. The van der Waals surface area contributed by atoms with E-state index in [9.17, 15) is 0 Å². The van der Waals surface area contributed by atoms with Crippen LogP contribution in [0.15, 0.2) is 18.2 Å². The van der Waals surface area contributed by atoms with Crippen molar-refractivity contribution in [3.8, 4) is 0 Å².